The largest absolute Gasteiger partial charge is 0.308 e. The van der Waals surface area contributed by atoms with Crippen LogP contribution >= 0.6 is 0 Å². The van der Waals surface area contributed by atoms with Crippen LogP contribution < -0.4 is 5.32 Å². The molecule has 0 spiro atoms. The van der Waals surface area contributed by atoms with Gasteiger partial charge in [0.25, 0.3) is 0 Å². The second-order valence-electron chi connectivity index (χ2n) is 7.43. The fraction of sp³-hybridized carbons (Fsp3) is 0.722. The van der Waals surface area contributed by atoms with Gasteiger partial charge in [-0.25, -0.2) is 0 Å². The highest BCUT2D eigenvalue weighted by molar-refractivity contribution is 5.14. The van der Waals surface area contributed by atoms with Gasteiger partial charge in [-0.1, -0.05) is 18.9 Å². The first kappa shape index (κ1) is 16.4. The van der Waals surface area contributed by atoms with Gasteiger partial charge in [0.05, 0.1) is 5.69 Å². The molecule has 1 aliphatic rings. The summed E-state index contributed by atoms with van der Waals surface area (Å²) in [7, 11) is 0. The van der Waals surface area contributed by atoms with Crippen LogP contribution in [0.3, 0.4) is 0 Å². The van der Waals surface area contributed by atoms with Crippen molar-refractivity contribution >= 4 is 0 Å². The molecule has 2 heterocycles. The molecule has 2 rings (SSSR count). The zero-order chi connectivity index (χ0) is 15.3. The van der Waals surface area contributed by atoms with E-state index in [1.165, 1.54) is 43.5 Å². The highest BCUT2D eigenvalue weighted by Crippen LogP contribution is 2.18. The number of hydrogen-bond donors (Lipinski definition) is 1. The van der Waals surface area contributed by atoms with Gasteiger partial charge >= 0.3 is 0 Å². The van der Waals surface area contributed by atoms with E-state index in [1.54, 1.807) is 0 Å². The van der Waals surface area contributed by atoms with Crippen molar-refractivity contribution in [3.8, 4) is 0 Å². The highest BCUT2D eigenvalue weighted by Gasteiger charge is 2.17. The molecule has 1 fully saturated rings. The van der Waals surface area contributed by atoms with E-state index < -0.39 is 0 Å². The van der Waals surface area contributed by atoms with Crippen LogP contribution in [0.15, 0.2) is 18.3 Å². The predicted octanol–water partition coefficient (Wildman–Crippen LogP) is 3.73. The number of pyridine rings is 1. The molecule has 1 aliphatic heterocycles. The van der Waals surface area contributed by atoms with Crippen molar-refractivity contribution in [1.29, 1.82) is 0 Å². The van der Waals surface area contributed by atoms with E-state index in [0.29, 0.717) is 6.04 Å². The van der Waals surface area contributed by atoms with Gasteiger partial charge in [-0.15, -0.1) is 0 Å². The zero-order valence-corrected chi connectivity index (χ0v) is 14.2. The Morgan fingerprint density at radius 1 is 1.24 bits per heavy atom. The zero-order valence-electron chi connectivity index (χ0n) is 14.2. The molecular formula is C18H31N3. The van der Waals surface area contributed by atoms with Crippen molar-refractivity contribution in [3.63, 3.8) is 0 Å². The van der Waals surface area contributed by atoms with E-state index >= 15 is 0 Å². The number of nitrogens with one attached hydrogen (secondary N) is 1. The van der Waals surface area contributed by atoms with Crippen molar-refractivity contribution in [2.24, 2.45) is 0 Å². The van der Waals surface area contributed by atoms with Crippen molar-refractivity contribution in [1.82, 2.24) is 15.2 Å². The Bertz CT molecular complexity index is 419. The van der Waals surface area contributed by atoms with Crippen LogP contribution in [0.4, 0.5) is 0 Å². The number of nitrogens with zero attached hydrogens (tertiary/aromatic N) is 2. The Morgan fingerprint density at radius 3 is 2.71 bits per heavy atom. The predicted molar refractivity (Wildman–Crippen MR) is 89.2 cm³/mol. The summed E-state index contributed by atoms with van der Waals surface area (Å²) in [5.74, 6) is 0. The van der Waals surface area contributed by atoms with Crippen LogP contribution in [-0.4, -0.2) is 28.0 Å². The number of likely N-dealkylation sites (tertiary alicyclic amines) is 1. The molecule has 21 heavy (non-hydrogen) atoms. The number of hydrogen-bond acceptors (Lipinski definition) is 3. The molecule has 0 radical (unpaired) electrons. The third kappa shape index (κ3) is 5.76. The summed E-state index contributed by atoms with van der Waals surface area (Å²) >= 11 is 0. The van der Waals surface area contributed by atoms with Gasteiger partial charge in [0.1, 0.15) is 0 Å². The molecule has 1 aromatic rings. The molecule has 1 unspecified atom stereocenters. The molecule has 0 bridgehead atoms. The van der Waals surface area contributed by atoms with Crippen molar-refractivity contribution in [2.75, 3.05) is 6.54 Å². The summed E-state index contributed by atoms with van der Waals surface area (Å²) in [6.45, 7) is 12.0. The SMILES string of the molecule is CC1CCCCCN1Cc1ccc(CNC(C)(C)C)cn1. The lowest BCUT2D eigenvalue weighted by atomic mass is 10.1. The summed E-state index contributed by atoms with van der Waals surface area (Å²) in [6.07, 6.45) is 7.44. The normalized spacial score (nSPS) is 21.2. The molecule has 0 saturated carbocycles. The summed E-state index contributed by atoms with van der Waals surface area (Å²) < 4.78 is 0. The maximum absolute atomic E-state index is 4.66. The summed E-state index contributed by atoms with van der Waals surface area (Å²) in [5.41, 5.74) is 2.61. The van der Waals surface area contributed by atoms with Gasteiger partial charge < -0.3 is 5.32 Å². The van der Waals surface area contributed by atoms with Crippen LogP contribution in [0.1, 0.15) is 64.6 Å². The third-order valence-electron chi connectivity index (χ3n) is 4.26. The lowest BCUT2D eigenvalue weighted by Crippen LogP contribution is -2.35. The van der Waals surface area contributed by atoms with Crippen LogP contribution in [0, 0.1) is 0 Å². The summed E-state index contributed by atoms with van der Waals surface area (Å²) in [6, 6.07) is 5.09. The first-order valence-electron chi connectivity index (χ1n) is 8.37. The standard InChI is InChI=1S/C18H31N3/c1-15-8-6-5-7-11-21(15)14-17-10-9-16(12-19-17)13-20-18(2,3)4/h9-10,12,15,20H,5-8,11,13-14H2,1-4H3. The Balaban J connectivity index is 1.89. The quantitative estimate of drug-likeness (QED) is 0.915. The van der Waals surface area contributed by atoms with E-state index in [0.717, 1.165) is 13.1 Å². The minimum absolute atomic E-state index is 0.153. The van der Waals surface area contributed by atoms with Crippen molar-refractivity contribution in [3.05, 3.63) is 29.6 Å². The van der Waals surface area contributed by atoms with Crippen molar-refractivity contribution in [2.45, 2.75) is 78.0 Å². The Morgan fingerprint density at radius 2 is 2.05 bits per heavy atom. The topological polar surface area (TPSA) is 28.2 Å². The van der Waals surface area contributed by atoms with Crippen LogP contribution in [0.2, 0.25) is 0 Å². The molecule has 1 atom stereocenters. The molecule has 0 amide bonds. The fourth-order valence-corrected chi connectivity index (χ4v) is 2.80. The van der Waals surface area contributed by atoms with Gasteiger partial charge in [0, 0.05) is 30.9 Å². The van der Waals surface area contributed by atoms with Gasteiger partial charge in [0.15, 0.2) is 0 Å². The average Bonchev–Trinajstić information content (AvgIpc) is 2.63. The molecule has 0 aliphatic carbocycles. The molecule has 118 valence electrons. The van der Waals surface area contributed by atoms with Crippen molar-refractivity contribution < 1.29 is 0 Å². The minimum Gasteiger partial charge on any atom is -0.308 e. The highest BCUT2D eigenvalue weighted by atomic mass is 15.2. The van der Waals surface area contributed by atoms with Crippen LogP contribution in [-0.2, 0) is 13.1 Å². The first-order valence-corrected chi connectivity index (χ1v) is 8.37. The van der Waals surface area contributed by atoms with Gasteiger partial charge in [-0.3, -0.25) is 9.88 Å². The maximum Gasteiger partial charge on any atom is 0.0544 e. The van der Waals surface area contributed by atoms with Gasteiger partial charge in [-0.2, -0.15) is 0 Å². The minimum atomic E-state index is 0.153. The fourth-order valence-electron chi connectivity index (χ4n) is 2.80. The average molecular weight is 289 g/mol. The lowest BCUT2D eigenvalue weighted by molar-refractivity contribution is 0.202. The lowest BCUT2D eigenvalue weighted by Gasteiger charge is -2.26. The maximum atomic E-state index is 4.66. The monoisotopic (exact) mass is 289 g/mol. The smallest absolute Gasteiger partial charge is 0.0544 e. The van der Waals surface area contributed by atoms with E-state index in [9.17, 15) is 0 Å². The van der Waals surface area contributed by atoms with Gasteiger partial charge in [-0.05, 0) is 58.7 Å². The molecule has 1 N–H and O–H groups in total. The molecule has 1 aromatic heterocycles. The first-order chi connectivity index (χ1) is 9.94. The second-order valence-corrected chi connectivity index (χ2v) is 7.43. The third-order valence-corrected chi connectivity index (χ3v) is 4.26. The Kier molecular flexibility index (Phi) is 5.77. The molecule has 1 saturated heterocycles. The number of rotatable bonds is 4. The van der Waals surface area contributed by atoms with E-state index in [1.807, 2.05) is 6.20 Å². The van der Waals surface area contributed by atoms with E-state index in [4.69, 9.17) is 0 Å². The molecule has 3 nitrogen and oxygen atoms in total. The number of aromatic nitrogens is 1. The Labute approximate surface area is 130 Å². The molecular weight excluding hydrogens is 258 g/mol. The van der Waals surface area contributed by atoms with Gasteiger partial charge in [0.2, 0.25) is 0 Å². The summed E-state index contributed by atoms with van der Waals surface area (Å²) in [5, 5.41) is 3.50. The second kappa shape index (κ2) is 7.37. The molecule has 0 aromatic carbocycles. The Hall–Kier alpha value is -0.930. The van der Waals surface area contributed by atoms with Crippen LogP contribution in [0.25, 0.3) is 0 Å². The van der Waals surface area contributed by atoms with Crippen LogP contribution in [0.5, 0.6) is 0 Å². The molecule has 3 heteroatoms. The van der Waals surface area contributed by atoms with E-state index in [-0.39, 0.29) is 5.54 Å². The van der Waals surface area contributed by atoms with E-state index in [2.05, 4.69) is 55.0 Å². The summed E-state index contributed by atoms with van der Waals surface area (Å²) in [4.78, 5) is 7.24.